The van der Waals surface area contributed by atoms with Gasteiger partial charge in [0.1, 0.15) is 5.69 Å². The lowest BCUT2D eigenvalue weighted by Gasteiger charge is -2.05. The van der Waals surface area contributed by atoms with Crippen LogP contribution >= 0.6 is 11.3 Å². The van der Waals surface area contributed by atoms with Crippen LogP contribution < -0.4 is 10.9 Å². The van der Waals surface area contributed by atoms with Crippen molar-refractivity contribution in [2.75, 3.05) is 13.1 Å². The Morgan fingerprint density at radius 1 is 1.28 bits per heavy atom. The zero-order valence-electron chi connectivity index (χ0n) is 10.1. The minimum Gasteiger partial charge on any atom is -0.316 e. The van der Waals surface area contributed by atoms with Crippen LogP contribution in [0.15, 0.2) is 10.2 Å². The number of H-pyrrole nitrogens is 1. The summed E-state index contributed by atoms with van der Waals surface area (Å²) in [4.78, 5) is 23.8. The molecule has 1 aliphatic rings. The first kappa shape index (κ1) is 11.6. The van der Waals surface area contributed by atoms with Gasteiger partial charge in [-0.2, -0.15) is 0 Å². The van der Waals surface area contributed by atoms with Gasteiger partial charge in [0.15, 0.2) is 5.82 Å². The summed E-state index contributed by atoms with van der Waals surface area (Å²) in [6, 6.07) is 0. The predicted octanol–water partition coefficient (Wildman–Crippen LogP) is 0.890. The van der Waals surface area contributed by atoms with Crippen LogP contribution in [0.3, 0.4) is 0 Å². The molecular formula is C12H14N4OS. The van der Waals surface area contributed by atoms with Gasteiger partial charge in [-0.1, -0.05) is 0 Å². The van der Waals surface area contributed by atoms with E-state index in [1.165, 1.54) is 0 Å². The molecule has 2 aromatic rings. The van der Waals surface area contributed by atoms with E-state index >= 15 is 0 Å². The second-order valence-electron chi connectivity index (χ2n) is 4.34. The molecule has 0 saturated heterocycles. The van der Waals surface area contributed by atoms with Crippen molar-refractivity contribution in [3.05, 3.63) is 32.0 Å². The molecule has 18 heavy (non-hydrogen) atoms. The molecule has 3 heterocycles. The number of hydrogen-bond donors (Lipinski definition) is 2. The monoisotopic (exact) mass is 262 g/mol. The first-order chi connectivity index (χ1) is 8.74. The Labute approximate surface area is 108 Å². The highest BCUT2D eigenvalue weighted by Crippen LogP contribution is 2.18. The van der Waals surface area contributed by atoms with Gasteiger partial charge in [-0.15, -0.1) is 11.3 Å². The van der Waals surface area contributed by atoms with Crippen molar-refractivity contribution in [1.82, 2.24) is 20.3 Å². The third-order valence-electron chi connectivity index (χ3n) is 3.05. The third kappa shape index (κ3) is 2.09. The number of hydrogen-bond acceptors (Lipinski definition) is 5. The molecule has 1 aliphatic heterocycles. The van der Waals surface area contributed by atoms with Gasteiger partial charge >= 0.3 is 0 Å². The highest BCUT2D eigenvalue weighted by molar-refractivity contribution is 7.09. The summed E-state index contributed by atoms with van der Waals surface area (Å²) in [7, 11) is 0. The van der Waals surface area contributed by atoms with E-state index in [1.807, 2.05) is 12.3 Å². The third-order valence-corrected chi connectivity index (χ3v) is 3.83. The number of aryl methyl sites for hydroxylation is 1. The van der Waals surface area contributed by atoms with Crippen LogP contribution in [0.1, 0.15) is 16.3 Å². The largest absolute Gasteiger partial charge is 0.316 e. The van der Waals surface area contributed by atoms with Gasteiger partial charge in [0.05, 0.1) is 10.7 Å². The van der Waals surface area contributed by atoms with E-state index in [4.69, 9.17) is 0 Å². The van der Waals surface area contributed by atoms with Gasteiger partial charge in [0.25, 0.3) is 5.56 Å². The highest BCUT2D eigenvalue weighted by atomic mass is 32.1. The molecule has 0 amide bonds. The summed E-state index contributed by atoms with van der Waals surface area (Å²) in [5, 5.41) is 6.18. The van der Waals surface area contributed by atoms with E-state index in [2.05, 4.69) is 20.3 Å². The highest BCUT2D eigenvalue weighted by Gasteiger charge is 2.15. The number of thiazole rings is 1. The van der Waals surface area contributed by atoms with Crippen LogP contribution in [0, 0.1) is 6.92 Å². The van der Waals surface area contributed by atoms with Crippen molar-refractivity contribution < 1.29 is 0 Å². The van der Waals surface area contributed by atoms with Gasteiger partial charge in [-0.3, -0.25) is 4.79 Å². The molecule has 0 radical (unpaired) electrons. The van der Waals surface area contributed by atoms with Crippen LogP contribution in [-0.2, 0) is 12.8 Å². The summed E-state index contributed by atoms with van der Waals surface area (Å²) < 4.78 is 0. The van der Waals surface area contributed by atoms with E-state index in [0.717, 1.165) is 47.9 Å². The Bertz CT molecular complexity index is 631. The molecule has 0 unspecified atom stereocenters. The molecule has 0 bridgehead atoms. The Hall–Kier alpha value is -1.53. The maximum absolute atomic E-state index is 12.1. The molecule has 94 valence electrons. The van der Waals surface area contributed by atoms with E-state index in [9.17, 15) is 4.79 Å². The first-order valence-corrected chi connectivity index (χ1v) is 6.87. The van der Waals surface area contributed by atoms with E-state index in [-0.39, 0.29) is 5.56 Å². The van der Waals surface area contributed by atoms with Crippen LogP contribution in [0.5, 0.6) is 0 Å². The lowest BCUT2D eigenvalue weighted by molar-refractivity contribution is 0.708. The molecule has 0 aromatic carbocycles. The molecule has 2 N–H and O–H groups in total. The minimum atomic E-state index is -0.0237. The molecule has 0 atom stereocenters. The summed E-state index contributed by atoms with van der Waals surface area (Å²) in [5.41, 5.74) is 2.46. The Morgan fingerprint density at radius 2 is 2.11 bits per heavy atom. The normalized spacial score (nSPS) is 15.2. The van der Waals surface area contributed by atoms with Crippen LogP contribution in [0.4, 0.5) is 0 Å². The topological polar surface area (TPSA) is 70.7 Å². The summed E-state index contributed by atoms with van der Waals surface area (Å²) in [5.74, 6) is 0.588. The number of nitrogens with zero attached hydrogens (tertiary/aromatic N) is 2. The average molecular weight is 262 g/mol. The van der Waals surface area contributed by atoms with Gasteiger partial charge < -0.3 is 10.3 Å². The number of fused-ring (bicyclic) bond motifs is 1. The quantitative estimate of drug-likeness (QED) is 0.800. The fourth-order valence-corrected chi connectivity index (χ4v) is 2.75. The fraction of sp³-hybridized carbons (Fsp3) is 0.417. The standard InChI is InChI=1S/C12H14N4OS/c1-7-14-10(6-18-7)11-15-9-3-5-13-4-2-8(9)12(17)16-11/h6,13H,2-5H2,1H3,(H,15,16,17). The van der Waals surface area contributed by atoms with Gasteiger partial charge in [-0.25, -0.2) is 9.97 Å². The van der Waals surface area contributed by atoms with Crippen LogP contribution in [0.2, 0.25) is 0 Å². The molecular weight excluding hydrogens is 248 g/mol. The van der Waals surface area contributed by atoms with Gasteiger partial charge in [-0.05, 0) is 19.9 Å². The van der Waals surface area contributed by atoms with Crippen molar-refractivity contribution >= 4 is 11.3 Å². The summed E-state index contributed by atoms with van der Waals surface area (Å²) in [6.45, 7) is 3.66. The van der Waals surface area contributed by atoms with Crippen molar-refractivity contribution in [2.45, 2.75) is 19.8 Å². The molecule has 0 aliphatic carbocycles. The Balaban J connectivity index is 2.10. The van der Waals surface area contributed by atoms with Crippen LogP contribution in [0.25, 0.3) is 11.5 Å². The van der Waals surface area contributed by atoms with Crippen molar-refractivity contribution in [1.29, 1.82) is 0 Å². The lowest BCUT2D eigenvalue weighted by atomic mass is 10.1. The average Bonchev–Trinajstić information content (AvgIpc) is 2.63. The molecule has 0 fully saturated rings. The predicted molar refractivity (Wildman–Crippen MR) is 71.0 cm³/mol. The second kappa shape index (κ2) is 4.62. The van der Waals surface area contributed by atoms with E-state index in [0.29, 0.717) is 5.82 Å². The number of aromatic amines is 1. The van der Waals surface area contributed by atoms with Gasteiger partial charge in [0, 0.05) is 23.9 Å². The van der Waals surface area contributed by atoms with Crippen molar-refractivity contribution in [3.8, 4) is 11.5 Å². The zero-order chi connectivity index (χ0) is 12.5. The smallest absolute Gasteiger partial charge is 0.254 e. The maximum Gasteiger partial charge on any atom is 0.254 e. The number of rotatable bonds is 1. The molecule has 6 heteroatoms. The first-order valence-electron chi connectivity index (χ1n) is 5.99. The summed E-state index contributed by atoms with van der Waals surface area (Å²) >= 11 is 1.56. The minimum absolute atomic E-state index is 0.0237. The molecule has 0 spiro atoms. The Kier molecular flexibility index (Phi) is 2.97. The molecule has 2 aromatic heterocycles. The van der Waals surface area contributed by atoms with Crippen molar-refractivity contribution in [3.63, 3.8) is 0 Å². The maximum atomic E-state index is 12.1. The SMILES string of the molecule is Cc1nc(-c2nc3c(c(=O)[nH]2)CCNCC3)cs1. The second-order valence-corrected chi connectivity index (χ2v) is 5.40. The zero-order valence-corrected chi connectivity index (χ0v) is 10.9. The lowest BCUT2D eigenvalue weighted by Crippen LogP contribution is -2.19. The molecule has 0 saturated carbocycles. The van der Waals surface area contributed by atoms with Gasteiger partial charge in [0.2, 0.25) is 0 Å². The van der Waals surface area contributed by atoms with Crippen molar-refractivity contribution in [2.24, 2.45) is 0 Å². The Morgan fingerprint density at radius 3 is 2.89 bits per heavy atom. The number of nitrogens with one attached hydrogen (secondary N) is 2. The van der Waals surface area contributed by atoms with Crippen LogP contribution in [-0.4, -0.2) is 28.0 Å². The fourth-order valence-electron chi connectivity index (χ4n) is 2.15. The molecule has 3 rings (SSSR count). The summed E-state index contributed by atoms with van der Waals surface area (Å²) in [6.07, 6.45) is 1.55. The molecule has 5 nitrogen and oxygen atoms in total. The number of aromatic nitrogens is 3. The van der Waals surface area contributed by atoms with E-state index < -0.39 is 0 Å². The van der Waals surface area contributed by atoms with E-state index in [1.54, 1.807) is 11.3 Å².